The Morgan fingerprint density at radius 3 is 1.24 bits per heavy atom. The van der Waals surface area contributed by atoms with Crippen LogP contribution in [0.3, 0.4) is 0 Å². The van der Waals surface area contributed by atoms with Crippen LogP contribution in [0.25, 0.3) is 21.8 Å². The second-order valence-corrected chi connectivity index (χ2v) is 16.6. The van der Waals surface area contributed by atoms with E-state index in [0.717, 1.165) is 56.9 Å². The van der Waals surface area contributed by atoms with E-state index in [4.69, 9.17) is 20.0 Å². The Morgan fingerprint density at radius 1 is 0.500 bits per heavy atom. The van der Waals surface area contributed by atoms with E-state index in [0.29, 0.717) is 48.6 Å². The van der Waals surface area contributed by atoms with Crippen LogP contribution in [0.15, 0.2) is 170 Å². The second kappa shape index (κ2) is 20.4. The van der Waals surface area contributed by atoms with Crippen molar-refractivity contribution in [3.8, 4) is 23.6 Å². The smallest absolute Gasteiger partial charge is 0.223 e. The van der Waals surface area contributed by atoms with Gasteiger partial charge in [-0.25, -0.2) is 8.78 Å². The molecule has 0 radical (unpaired) electrons. The maximum Gasteiger partial charge on any atom is 0.223 e. The maximum atomic E-state index is 13.8. The summed E-state index contributed by atoms with van der Waals surface area (Å²) in [6.07, 6.45) is 4.70. The summed E-state index contributed by atoms with van der Waals surface area (Å²) in [6.45, 7) is 1.18. The highest BCUT2D eigenvalue weighted by molar-refractivity contribution is 5.84. The predicted molar refractivity (Wildman–Crippen MR) is 253 cm³/mol. The SMILES string of the molecule is N#Cc1ccc(O[C@@H](c2cccc3cccnc23)[C@@H](c2ccc(F)cc2)N2CCCC2=O)cc1.N#Cc1ccc(O[C@H](c2cccc3cccnc23)[C@H](c2ccc(F)cc2)N2CCCC2=O)cc1. The van der Waals surface area contributed by atoms with Gasteiger partial charge in [0.05, 0.1) is 46.4 Å². The first-order valence-corrected chi connectivity index (χ1v) is 22.4. The van der Waals surface area contributed by atoms with Crippen LogP contribution >= 0.6 is 0 Å². The standard InChI is InChI=1S/2C28H22FN3O2/c2*29-22-12-10-21(11-13-22)27(32-17-3-7-25(32)33)28(34-23-14-8-19(18-30)9-15-23)24-6-1-4-20-5-2-16-31-26(20)24/h2*1-2,4-6,8-16,27-28H,3,7,17H2/t2*27-,28+/m10/s1. The molecule has 4 atom stereocenters. The van der Waals surface area contributed by atoms with Crippen molar-refractivity contribution >= 4 is 33.6 Å². The molecule has 0 N–H and O–H groups in total. The van der Waals surface area contributed by atoms with Gasteiger partial charge in [-0.3, -0.25) is 19.6 Å². The van der Waals surface area contributed by atoms with Gasteiger partial charge in [0.1, 0.15) is 23.1 Å². The highest BCUT2D eigenvalue weighted by Crippen LogP contribution is 2.44. The average molecular weight is 903 g/mol. The van der Waals surface area contributed by atoms with E-state index in [1.54, 1.807) is 85.2 Å². The molecule has 0 bridgehead atoms. The third-order valence-electron chi connectivity index (χ3n) is 12.3. The third-order valence-corrected chi connectivity index (χ3v) is 12.3. The molecular weight excluding hydrogens is 859 g/mol. The van der Waals surface area contributed by atoms with E-state index in [1.807, 2.05) is 70.5 Å². The van der Waals surface area contributed by atoms with Crippen molar-refractivity contribution in [2.24, 2.45) is 0 Å². The van der Waals surface area contributed by atoms with Crippen LogP contribution < -0.4 is 9.47 Å². The minimum atomic E-state index is -0.612. The number of likely N-dealkylation sites (tertiary alicyclic amines) is 2. The molecule has 0 spiro atoms. The lowest BCUT2D eigenvalue weighted by atomic mass is 9.92. The Morgan fingerprint density at radius 2 is 0.882 bits per heavy atom. The Balaban J connectivity index is 0.000000170. The van der Waals surface area contributed by atoms with Crippen molar-refractivity contribution in [2.45, 2.75) is 50.0 Å². The fraction of sp³-hybridized carbons (Fsp3) is 0.179. The van der Waals surface area contributed by atoms with Gasteiger partial charge >= 0.3 is 0 Å². The number of amides is 2. The molecule has 2 saturated heterocycles. The minimum Gasteiger partial charge on any atom is -0.483 e. The van der Waals surface area contributed by atoms with Crippen LogP contribution in [-0.2, 0) is 9.59 Å². The lowest BCUT2D eigenvalue weighted by molar-refractivity contribution is -0.132. The molecule has 0 saturated carbocycles. The van der Waals surface area contributed by atoms with Gasteiger partial charge in [0.2, 0.25) is 11.8 Å². The fourth-order valence-corrected chi connectivity index (χ4v) is 9.10. The number of aromatic nitrogens is 2. The lowest BCUT2D eigenvalue weighted by Crippen LogP contribution is -2.36. The first kappa shape index (κ1) is 44.7. The number of carbonyl (C=O) groups is 2. The molecule has 8 aromatic rings. The van der Waals surface area contributed by atoms with Gasteiger partial charge < -0.3 is 19.3 Å². The summed E-state index contributed by atoms with van der Waals surface area (Å²) < 4.78 is 40.8. The summed E-state index contributed by atoms with van der Waals surface area (Å²) in [5.41, 5.74) is 5.84. The summed E-state index contributed by atoms with van der Waals surface area (Å²) in [5, 5.41) is 20.2. The molecule has 2 aliphatic heterocycles. The van der Waals surface area contributed by atoms with Crippen LogP contribution in [-0.4, -0.2) is 44.7 Å². The van der Waals surface area contributed by atoms with Gasteiger partial charge in [-0.1, -0.05) is 72.8 Å². The van der Waals surface area contributed by atoms with E-state index in [9.17, 15) is 18.4 Å². The highest BCUT2D eigenvalue weighted by atomic mass is 19.1. The van der Waals surface area contributed by atoms with E-state index in [1.165, 1.54) is 24.3 Å². The zero-order valence-corrected chi connectivity index (χ0v) is 36.8. The molecule has 2 aromatic heterocycles. The topological polar surface area (TPSA) is 132 Å². The van der Waals surface area contributed by atoms with Crippen LogP contribution in [0.1, 0.15) is 83.4 Å². The first-order chi connectivity index (χ1) is 33.3. The number of benzene rings is 6. The van der Waals surface area contributed by atoms with Crippen LogP contribution in [0.5, 0.6) is 11.5 Å². The van der Waals surface area contributed by atoms with Crippen molar-refractivity contribution in [2.75, 3.05) is 13.1 Å². The molecule has 0 unspecified atom stereocenters. The molecule has 2 fully saturated rings. The number of carbonyl (C=O) groups excluding carboxylic acids is 2. The van der Waals surface area contributed by atoms with Crippen molar-refractivity contribution in [1.82, 2.24) is 19.8 Å². The number of rotatable bonds is 12. The number of hydrogen-bond acceptors (Lipinski definition) is 8. The Labute approximate surface area is 392 Å². The molecule has 6 aromatic carbocycles. The van der Waals surface area contributed by atoms with E-state index < -0.39 is 24.3 Å². The quantitative estimate of drug-likeness (QED) is 0.118. The van der Waals surface area contributed by atoms with E-state index in [2.05, 4.69) is 22.1 Å². The molecule has 336 valence electrons. The second-order valence-electron chi connectivity index (χ2n) is 16.6. The van der Waals surface area contributed by atoms with Crippen LogP contribution in [0, 0.1) is 34.3 Å². The lowest BCUT2D eigenvalue weighted by Gasteiger charge is -2.35. The van der Waals surface area contributed by atoms with Crippen molar-refractivity contribution in [3.05, 3.63) is 215 Å². The number of hydrogen-bond donors (Lipinski definition) is 0. The monoisotopic (exact) mass is 902 g/mol. The minimum absolute atomic E-state index is 0.0379. The molecular formula is C56H44F2N6O4. The fourth-order valence-electron chi connectivity index (χ4n) is 9.10. The van der Waals surface area contributed by atoms with Gasteiger partial charge in [-0.15, -0.1) is 0 Å². The molecule has 68 heavy (non-hydrogen) atoms. The maximum absolute atomic E-state index is 13.8. The number of para-hydroxylation sites is 2. The van der Waals surface area contributed by atoms with Crippen molar-refractivity contribution in [1.29, 1.82) is 10.5 Å². The van der Waals surface area contributed by atoms with Crippen LogP contribution in [0.2, 0.25) is 0 Å². The van der Waals surface area contributed by atoms with Crippen LogP contribution in [0.4, 0.5) is 8.78 Å². The highest BCUT2D eigenvalue weighted by Gasteiger charge is 2.39. The summed E-state index contributed by atoms with van der Waals surface area (Å²) >= 11 is 0. The van der Waals surface area contributed by atoms with E-state index in [-0.39, 0.29) is 23.4 Å². The van der Waals surface area contributed by atoms with Gasteiger partial charge in [-0.2, -0.15) is 10.5 Å². The molecule has 4 heterocycles. The molecule has 2 amide bonds. The summed E-state index contributed by atoms with van der Waals surface area (Å²) in [6, 6.07) is 49.0. The Hall–Kier alpha value is -8.48. The predicted octanol–water partition coefficient (Wildman–Crippen LogP) is 11.5. The number of halogens is 2. The van der Waals surface area contributed by atoms with Crippen molar-refractivity contribution < 1.29 is 27.8 Å². The molecule has 10 nitrogen and oxygen atoms in total. The third kappa shape index (κ3) is 9.72. The summed E-state index contributed by atoms with van der Waals surface area (Å²) in [5.74, 6) is 0.525. The zero-order valence-electron chi connectivity index (χ0n) is 36.8. The number of ether oxygens (including phenoxy) is 2. The van der Waals surface area contributed by atoms with Gasteiger partial charge in [0, 0.05) is 60.2 Å². The van der Waals surface area contributed by atoms with Crippen molar-refractivity contribution in [3.63, 3.8) is 0 Å². The number of nitrogens with zero attached hydrogens (tertiary/aromatic N) is 6. The molecule has 2 aliphatic rings. The Bertz CT molecular complexity index is 2930. The molecule has 0 aliphatic carbocycles. The van der Waals surface area contributed by atoms with E-state index >= 15 is 0 Å². The number of pyridine rings is 2. The number of nitriles is 2. The van der Waals surface area contributed by atoms with Gasteiger partial charge in [0.25, 0.3) is 0 Å². The first-order valence-electron chi connectivity index (χ1n) is 22.4. The summed E-state index contributed by atoms with van der Waals surface area (Å²) in [7, 11) is 0. The molecule has 10 rings (SSSR count). The number of fused-ring (bicyclic) bond motifs is 2. The normalized spacial score (nSPS) is 15.2. The van der Waals surface area contributed by atoms with Gasteiger partial charge in [0.15, 0.2) is 12.2 Å². The molecule has 12 heteroatoms. The summed E-state index contributed by atoms with van der Waals surface area (Å²) in [4.78, 5) is 38.8. The van der Waals surface area contributed by atoms with Gasteiger partial charge in [-0.05, 0) is 109 Å². The largest absolute Gasteiger partial charge is 0.483 e. The Kier molecular flexibility index (Phi) is 13.4. The zero-order chi connectivity index (χ0) is 47.0. The average Bonchev–Trinajstić information content (AvgIpc) is 4.01.